The highest BCUT2D eigenvalue weighted by atomic mass is 19.4. The maximum atomic E-state index is 12.9. The van der Waals surface area contributed by atoms with Crippen molar-refractivity contribution in [2.75, 3.05) is 10.6 Å². The van der Waals surface area contributed by atoms with E-state index >= 15 is 0 Å². The fourth-order valence-electron chi connectivity index (χ4n) is 2.48. The molecule has 6 nitrogen and oxygen atoms in total. The van der Waals surface area contributed by atoms with Crippen LogP contribution in [0.15, 0.2) is 34.9 Å². The van der Waals surface area contributed by atoms with Gasteiger partial charge in [-0.15, -0.1) is 0 Å². The average Bonchev–Trinajstić information content (AvgIpc) is 3.24. The van der Waals surface area contributed by atoms with E-state index in [9.17, 15) is 22.8 Å². The Bertz CT molecular complexity index is 816. The molecule has 1 aromatic carbocycles. The lowest BCUT2D eigenvalue weighted by atomic mass is 10.1. The quantitative estimate of drug-likeness (QED) is 0.884. The molecule has 132 valence electrons. The summed E-state index contributed by atoms with van der Waals surface area (Å²) < 4.78 is 43.6. The number of alkyl halides is 3. The fraction of sp³-hybridized carbons (Fsp3) is 0.312. The molecule has 1 fully saturated rings. The van der Waals surface area contributed by atoms with Crippen molar-refractivity contribution in [3.05, 3.63) is 41.7 Å². The van der Waals surface area contributed by atoms with Crippen molar-refractivity contribution >= 4 is 23.3 Å². The van der Waals surface area contributed by atoms with E-state index in [1.54, 1.807) is 6.92 Å². The van der Waals surface area contributed by atoms with Gasteiger partial charge in [0, 0.05) is 6.07 Å². The first-order valence-corrected chi connectivity index (χ1v) is 7.47. The summed E-state index contributed by atoms with van der Waals surface area (Å²) in [5.74, 6) is -1.56. The number of anilines is 2. The van der Waals surface area contributed by atoms with Crippen LogP contribution >= 0.6 is 0 Å². The summed E-state index contributed by atoms with van der Waals surface area (Å²) in [6.07, 6.45) is -4.31. The third-order valence-electron chi connectivity index (χ3n) is 3.83. The van der Waals surface area contributed by atoms with Gasteiger partial charge in [0.25, 0.3) is 0 Å². The zero-order valence-electron chi connectivity index (χ0n) is 13.1. The van der Waals surface area contributed by atoms with Crippen molar-refractivity contribution in [2.24, 2.45) is 11.8 Å². The highest BCUT2D eigenvalue weighted by Gasteiger charge is 2.48. The highest BCUT2D eigenvalue weighted by Crippen LogP contribution is 2.41. The number of nitrogens with zero attached hydrogens (tertiary/aromatic N) is 1. The summed E-state index contributed by atoms with van der Waals surface area (Å²) in [6, 6.07) is 6.23. The summed E-state index contributed by atoms with van der Waals surface area (Å²) >= 11 is 0. The predicted molar refractivity (Wildman–Crippen MR) is 81.5 cm³/mol. The molecule has 0 spiro atoms. The van der Waals surface area contributed by atoms with E-state index < -0.39 is 35.4 Å². The number of aryl methyl sites for hydroxylation is 1. The summed E-state index contributed by atoms with van der Waals surface area (Å²) in [4.78, 5) is 24.2. The molecule has 1 heterocycles. The van der Waals surface area contributed by atoms with E-state index in [4.69, 9.17) is 4.52 Å². The molecule has 2 atom stereocenters. The van der Waals surface area contributed by atoms with Crippen molar-refractivity contribution in [1.82, 2.24) is 5.16 Å². The molecule has 1 aromatic heterocycles. The first-order valence-electron chi connectivity index (χ1n) is 7.47. The Kier molecular flexibility index (Phi) is 4.23. The van der Waals surface area contributed by atoms with Gasteiger partial charge >= 0.3 is 6.18 Å². The fourth-order valence-corrected chi connectivity index (χ4v) is 2.48. The molecule has 2 N–H and O–H groups in total. The number of nitrogens with one attached hydrogen (secondary N) is 2. The van der Waals surface area contributed by atoms with E-state index in [-0.39, 0.29) is 17.9 Å². The number of para-hydroxylation sites is 1. The van der Waals surface area contributed by atoms with Crippen LogP contribution in [0.3, 0.4) is 0 Å². The van der Waals surface area contributed by atoms with Crippen LogP contribution in [0.2, 0.25) is 0 Å². The Morgan fingerprint density at radius 2 is 1.80 bits per heavy atom. The number of carbonyl (C=O) groups is 2. The van der Waals surface area contributed by atoms with Gasteiger partial charge in [0.05, 0.1) is 23.1 Å². The predicted octanol–water partition coefficient (Wildman–Crippen LogP) is 3.22. The first-order chi connectivity index (χ1) is 11.8. The number of hydrogen-bond donors (Lipinski definition) is 2. The Hall–Kier alpha value is -2.84. The van der Waals surface area contributed by atoms with Crippen molar-refractivity contribution in [3.63, 3.8) is 0 Å². The Labute approximate surface area is 140 Å². The molecule has 1 aliphatic carbocycles. The van der Waals surface area contributed by atoms with E-state index in [0.29, 0.717) is 5.76 Å². The minimum absolute atomic E-state index is 0.232. The van der Waals surface area contributed by atoms with Crippen molar-refractivity contribution < 1.29 is 27.3 Å². The van der Waals surface area contributed by atoms with Crippen LogP contribution in [0.4, 0.5) is 24.7 Å². The van der Waals surface area contributed by atoms with Crippen LogP contribution < -0.4 is 10.6 Å². The molecule has 9 heteroatoms. The lowest BCUT2D eigenvalue weighted by Crippen LogP contribution is -2.22. The number of rotatable bonds is 4. The minimum atomic E-state index is -4.57. The number of benzene rings is 1. The monoisotopic (exact) mass is 353 g/mol. The van der Waals surface area contributed by atoms with Gasteiger partial charge in [-0.1, -0.05) is 17.3 Å². The van der Waals surface area contributed by atoms with Crippen molar-refractivity contribution in [3.8, 4) is 0 Å². The Balaban J connectivity index is 1.62. The second-order valence-electron chi connectivity index (χ2n) is 5.79. The van der Waals surface area contributed by atoms with Crippen molar-refractivity contribution in [1.29, 1.82) is 0 Å². The highest BCUT2D eigenvalue weighted by molar-refractivity contribution is 6.03. The third kappa shape index (κ3) is 3.81. The van der Waals surface area contributed by atoms with Gasteiger partial charge in [0.1, 0.15) is 5.76 Å². The lowest BCUT2D eigenvalue weighted by molar-refractivity contribution is -0.137. The van der Waals surface area contributed by atoms with Crippen LogP contribution in [0.1, 0.15) is 17.7 Å². The summed E-state index contributed by atoms with van der Waals surface area (Å²) in [5.41, 5.74) is -1.25. The molecule has 0 bridgehead atoms. The number of halogens is 3. The number of amides is 2. The molecule has 0 saturated heterocycles. The zero-order chi connectivity index (χ0) is 18.2. The molecular weight excluding hydrogens is 339 g/mol. The van der Waals surface area contributed by atoms with Crippen LogP contribution in [-0.2, 0) is 15.8 Å². The van der Waals surface area contributed by atoms with Crippen molar-refractivity contribution in [2.45, 2.75) is 19.5 Å². The molecule has 0 radical (unpaired) electrons. The zero-order valence-corrected chi connectivity index (χ0v) is 13.1. The maximum absolute atomic E-state index is 12.9. The molecule has 2 unspecified atom stereocenters. The van der Waals surface area contributed by atoms with E-state index in [2.05, 4.69) is 15.8 Å². The Morgan fingerprint density at radius 3 is 2.40 bits per heavy atom. The van der Waals surface area contributed by atoms with Gasteiger partial charge < -0.3 is 15.2 Å². The van der Waals surface area contributed by atoms with Crippen LogP contribution in [-0.4, -0.2) is 17.0 Å². The second kappa shape index (κ2) is 6.23. The molecule has 25 heavy (non-hydrogen) atoms. The third-order valence-corrected chi connectivity index (χ3v) is 3.83. The maximum Gasteiger partial charge on any atom is 0.418 e. The molecular formula is C16H14F3N3O3. The number of aromatic nitrogens is 1. The number of carbonyl (C=O) groups excluding carboxylic acids is 2. The summed E-state index contributed by atoms with van der Waals surface area (Å²) in [6.45, 7) is 1.66. The first kappa shape index (κ1) is 17.0. The standard InChI is InChI=1S/C16H14F3N3O3/c1-8-6-13(22-25-8)21-15(24)10-7-9(10)14(23)20-12-5-3-2-4-11(12)16(17,18)19/h2-6,9-10H,7H2,1H3,(H,20,23)(H,21,22,24). The molecule has 1 saturated carbocycles. The van der Waals surface area contributed by atoms with Gasteiger partial charge in [-0.2, -0.15) is 13.2 Å². The molecule has 2 aromatic rings. The summed E-state index contributed by atoms with van der Waals surface area (Å²) in [7, 11) is 0. The topological polar surface area (TPSA) is 84.2 Å². The normalized spacial score (nSPS) is 19.4. The molecule has 1 aliphatic rings. The van der Waals surface area contributed by atoms with Crippen LogP contribution in [0, 0.1) is 18.8 Å². The van der Waals surface area contributed by atoms with Gasteiger partial charge in [-0.05, 0) is 25.5 Å². The smallest absolute Gasteiger partial charge is 0.360 e. The average molecular weight is 353 g/mol. The van der Waals surface area contributed by atoms with E-state index in [1.807, 2.05) is 0 Å². The largest absolute Gasteiger partial charge is 0.418 e. The van der Waals surface area contributed by atoms with Gasteiger partial charge in [0.15, 0.2) is 5.82 Å². The van der Waals surface area contributed by atoms with Crippen LogP contribution in [0.25, 0.3) is 0 Å². The van der Waals surface area contributed by atoms with Crippen LogP contribution in [0.5, 0.6) is 0 Å². The molecule has 2 amide bonds. The molecule has 3 rings (SSSR count). The van der Waals surface area contributed by atoms with Gasteiger partial charge in [-0.3, -0.25) is 9.59 Å². The SMILES string of the molecule is Cc1cc(NC(=O)C2CC2C(=O)Nc2ccccc2C(F)(F)F)no1. The van der Waals surface area contributed by atoms with E-state index in [1.165, 1.54) is 24.3 Å². The number of hydrogen-bond acceptors (Lipinski definition) is 4. The Morgan fingerprint density at radius 1 is 1.16 bits per heavy atom. The van der Waals surface area contributed by atoms with Gasteiger partial charge in [-0.25, -0.2) is 0 Å². The lowest BCUT2D eigenvalue weighted by Gasteiger charge is -2.13. The van der Waals surface area contributed by atoms with E-state index in [0.717, 1.165) is 6.07 Å². The second-order valence-corrected chi connectivity index (χ2v) is 5.79. The summed E-state index contributed by atoms with van der Waals surface area (Å²) in [5, 5.41) is 8.37. The van der Waals surface area contributed by atoms with Gasteiger partial charge in [0.2, 0.25) is 11.8 Å². The molecule has 0 aliphatic heterocycles. The minimum Gasteiger partial charge on any atom is -0.360 e.